The van der Waals surface area contributed by atoms with Crippen LogP contribution in [0.1, 0.15) is 12.8 Å². The molecule has 0 unspecified atom stereocenters. The average Bonchev–Trinajstić information content (AvgIpc) is 2.07. The summed E-state index contributed by atoms with van der Waals surface area (Å²) in [6.07, 6.45) is -5.58. The van der Waals surface area contributed by atoms with Gasteiger partial charge in [0.25, 0.3) is 0 Å². The van der Waals surface area contributed by atoms with Crippen LogP contribution in [0.3, 0.4) is 0 Å². The van der Waals surface area contributed by atoms with E-state index in [1.54, 1.807) is 0 Å². The van der Waals surface area contributed by atoms with Gasteiger partial charge in [-0.25, -0.2) is 13.6 Å². The fraction of sp³-hybridized carbons (Fsp3) is 1.00. The number of ether oxygens (including phenoxy) is 1. The number of rotatable bonds is 7. The molecule has 0 spiro atoms. The van der Waals surface area contributed by atoms with Crippen LogP contribution in [-0.4, -0.2) is 39.5 Å². The van der Waals surface area contributed by atoms with E-state index in [1.807, 2.05) is 0 Å². The summed E-state index contributed by atoms with van der Waals surface area (Å²) in [5.74, 6) is -5.26. The number of hydrogen-bond donors (Lipinski definition) is 1. The first kappa shape index (κ1) is 16.5. The molecule has 0 aliphatic carbocycles. The van der Waals surface area contributed by atoms with Crippen LogP contribution >= 0.6 is 0 Å². The van der Waals surface area contributed by atoms with Gasteiger partial charge < -0.3 is 4.74 Å². The molecule has 0 heterocycles. The summed E-state index contributed by atoms with van der Waals surface area (Å²) in [5.41, 5.74) is 0. The Kier molecular flexibility index (Phi) is 5.75. The number of hydrogen-bond acceptors (Lipinski definition) is 3. The number of sulfonamides is 1. The van der Waals surface area contributed by atoms with Crippen molar-refractivity contribution in [2.75, 3.05) is 19.0 Å². The molecule has 0 aliphatic heterocycles. The first-order valence-electron chi connectivity index (χ1n) is 4.48. The third kappa shape index (κ3) is 7.45. The second kappa shape index (κ2) is 5.91. The van der Waals surface area contributed by atoms with Crippen molar-refractivity contribution in [2.45, 2.75) is 24.9 Å². The van der Waals surface area contributed by atoms with Crippen LogP contribution in [0.2, 0.25) is 0 Å². The summed E-state index contributed by atoms with van der Waals surface area (Å²) in [6.45, 7) is -2.16. The molecule has 10 heteroatoms. The molecule has 0 fully saturated rings. The Morgan fingerprint density at radius 2 is 1.59 bits per heavy atom. The summed E-state index contributed by atoms with van der Waals surface area (Å²) < 4.78 is 84.4. The van der Waals surface area contributed by atoms with E-state index < -0.39 is 28.7 Å². The first-order valence-corrected chi connectivity index (χ1v) is 6.20. The molecule has 0 aromatic carbocycles. The Morgan fingerprint density at radius 3 is 2.00 bits per heavy atom. The van der Waals surface area contributed by atoms with Gasteiger partial charge in [-0.15, -0.1) is 0 Å². The zero-order valence-corrected chi connectivity index (χ0v) is 9.45. The SMILES string of the molecule is NS(=O)(=O)CCCCOCC(F)(F)C(F)(F)F. The van der Waals surface area contributed by atoms with Crippen LogP contribution in [0.15, 0.2) is 0 Å². The molecule has 0 aromatic rings. The third-order valence-corrected chi connectivity index (χ3v) is 2.52. The van der Waals surface area contributed by atoms with Gasteiger partial charge in [-0.05, 0) is 12.8 Å². The van der Waals surface area contributed by atoms with Crippen LogP contribution < -0.4 is 5.14 Å². The molecule has 104 valence electrons. The van der Waals surface area contributed by atoms with Crippen molar-refractivity contribution in [1.29, 1.82) is 0 Å². The average molecular weight is 285 g/mol. The highest BCUT2D eigenvalue weighted by Crippen LogP contribution is 2.35. The third-order valence-electron chi connectivity index (χ3n) is 1.67. The van der Waals surface area contributed by atoms with Gasteiger partial charge in [0.2, 0.25) is 10.0 Å². The van der Waals surface area contributed by atoms with Crippen molar-refractivity contribution in [3.05, 3.63) is 0 Å². The van der Waals surface area contributed by atoms with E-state index in [4.69, 9.17) is 0 Å². The van der Waals surface area contributed by atoms with Gasteiger partial charge in [-0.2, -0.15) is 22.0 Å². The molecule has 0 radical (unpaired) electrons. The van der Waals surface area contributed by atoms with E-state index in [-0.39, 0.29) is 25.2 Å². The van der Waals surface area contributed by atoms with E-state index in [2.05, 4.69) is 9.88 Å². The lowest BCUT2D eigenvalue weighted by molar-refractivity contribution is -0.296. The predicted octanol–water partition coefficient (Wildman–Crippen LogP) is 1.27. The molecule has 0 aliphatic rings. The second-order valence-corrected chi connectivity index (χ2v) is 5.06. The van der Waals surface area contributed by atoms with Crippen LogP contribution in [0.5, 0.6) is 0 Å². The molecule has 0 aromatic heterocycles. The first-order chi connectivity index (χ1) is 7.46. The van der Waals surface area contributed by atoms with Gasteiger partial charge in [0.1, 0.15) is 6.61 Å². The zero-order chi connectivity index (χ0) is 13.7. The van der Waals surface area contributed by atoms with Crippen molar-refractivity contribution in [3.8, 4) is 0 Å². The minimum atomic E-state index is -5.65. The van der Waals surface area contributed by atoms with Crippen molar-refractivity contribution < 1.29 is 35.1 Å². The van der Waals surface area contributed by atoms with Crippen LogP contribution in [0, 0.1) is 0 Å². The summed E-state index contributed by atoms with van der Waals surface area (Å²) in [7, 11) is -3.65. The Balaban J connectivity index is 3.73. The lowest BCUT2D eigenvalue weighted by atomic mass is 10.3. The summed E-state index contributed by atoms with van der Waals surface area (Å²) >= 11 is 0. The van der Waals surface area contributed by atoms with Gasteiger partial charge in [0.15, 0.2) is 0 Å². The van der Waals surface area contributed by atoms with E-state index in [0.29, 0.717) is 0 Å². The predicted molar refractivity (Wildman–Crippen MR) is 49.0 cm³/mol. The summed E-state index contributed by atoms with van der Waals surface area (Å²) in [5, 5.41) is 4.64. The van der Waals surface area contributed by atoms with Gasteiger partial charge in [-0.1, -0.05) is 0 Å². The highest BCUT2D eigenvalue weighted by molar-refractivity contribution is 7.89. The number of nitrogens with two attached hydrogens (primary N) is 1. The molecule has 0 saturated heterocycles. The van der Waals surface area contributed by atoms with E-state index in [1.165, 1.54) is 0 Å². The lowest BCUT2D eigenvalue weighted by Crippen LogP contribution is -2.40. The smallest absolute Gasteiger partial charge is 0.375 e. The maximum absolute atomic E-state index is 12.3. The number of unbranched alkanes of at least 4 members (excludes halogenated alkanes) is 1. The lowest BCUT2D eigenvalue weighted by Gasteiger charge is -2.19. The van der Waals surface area contributed by atoms with Gasteiger partial charge >= 0.3 is 12.1 Å². The molecular weight excluding hydrogens is 273 g/mol. The summed E-state index contributed by atoms with van der Waals surface area (Å²) in [6, 6.07) is 0. The molecule has 0 amide bonds. The quantitative estimate of drug-likeness (QED) is 0.565. The molecule has 0 bridgehead atoms. The fourth-order valence-corrected chi connectivity index (χ4v) is 1.40. The Bertz CT molecular complexity index is 327. The van der Waals surface area contributed by atoms with Crippen molar-refractivity contribution in [3.63, 3.8) is 0 Å². The fourth-order valence-electron chi connectivity index (χ4n) is 0.790. The molecule has 4 nitrogen and oxygen atoms in total. The largest absolute Gasteiger partial charge is 0.455 e. The minimum absolute atomic E-state index is 0.0321. The van der Waals surface area contributed by atoms with Crippen LogP contribution in [-0.2, 0) is 14.8 Å². The number of primary sulfonamides is 1. The normalized spacial score (nSPS) is 14.0. The zero-order valence-electron chi connectivity index (χ0n) is 8.64. The Morgan fingerprint density at radius 1 is 1.06 bits per heavy atom. The number of halogens is 5. The van der Waals surface area contributed by atoms with Gasteiger partial charge in [0, 0.05) is 6.61 Å². The Hall–Kier alpha value is -0.480. The monoisotopic (exact) mass is 285 g/mol. The Labute approximate surface area is 95.0 Å². The standard InChI is InChI=1S/C7H12F5NO3S/c8-6(9,7(10,11)12)5-16-3-1-2-4-17(13,14)15/h1-5H2,(H2,13,14,15). The maximum Gasteiger partial charge on any atom is 0.455 e. The molecule has 0 rings (SSSR count). The van der Waals surface area contributed by atoms with Gasteiger partial charge in [-0.3, -0.25) is 0 Å². The van der Waals surface area contributed by atoms with Crippen molar-refractivity contribution >= 4 is 10.0 Å². The molecule has 2 N–H and O–H groups in total. The van der Waals surface area contributed by atoms with Gasteiger partial charge in [0.05, 0.1) is 5.75 Å². The molecule has 17 heavy (non-hydrogen) atoms. The minimum Gasteiger partial charge on any atom is -0.375 e. The second-order valence-electron chi connectivity index (χ2n) is 3.33. The molecule has 0 atom stereocenters. The highest BCUT2D eigenvalue weighted by Gasteiger charge is 2.57. The van der Waals surface area contributed by atoms with Crippen LogP contribution in [0.4, 0.5) is 22.0 Å². The van der Waals surface area contributed by atoms with Crippen molar-refractivity contribution in [1.82, 2.24) is 0 Å². The van der Waals surface area contributed by atoms with Crippen LogP contribution in [0.25, 0.3) is 0 Å². The number of alkyl halides is 5. The van der Waals surface area contributed by atoms with E-state index in [0.717, 1.165) is 0 Å². The summed E-state index contributed by atoms with van der Waals surface area (Å²) in [4.78, 5) is 0. The maximum atomic E-state index is 12.3. The topological polar surface area (TPSA) is 69.4 Å². The van der Waals surface area contributed by atoms with E-state index >= 15 is 0 Å². The molecule has 0 saturated carbocycles. The highest BCUT2D eigenvalue weighted by atomic mass is 32.2. The van der Waals surface area contributed by atoms with E-state index in [9.17, 15) is 30.4 Å². The van der Waals surface area contributed by atoms with Crippen molar-refractivity contribution in [2.24, 2.45) is 5.14 Å². The molecular formula is C7H12F5NO3S.